The third kappa shape index (κ3) is 8.25. The van der Waals surface area contributed by atoms with Gasteiger partial charge in [0.25, 0.3) is 0 Å². The van der Waals surface area contributed by atoms with Crippen molar-refractivity contribution in [3.8, 4) is 0 Å². The Morgan fingerprint density at radius 3 is 2.23 bits per heavy atom. The van der Waals surface area contributed by atoms with Crippen LogP contribution in [0.15, 0.2) is 0 Å². The SMILES string of the molecule is CC(C)(C)OC(=O)N(CCCCN)C[C@H]1CCCN1C(=O)OC(C)(C)C. The van der Waals surface area contributed by atoms with Crippen LogP contribution in [-0.2, 0) is 9.47 Å². The Kier molecular flexibility index (Phi) is 8.18. The number of amides is 2. The van der Waals surface area contributed by atoms with Gasteiger partial charge in [-0.25, -0.2) is 9.59 Å². The minimum Gasteiger partial charge on any atom is -0.444 e. The summed E-state index contributed by atoms with van der Waals surface area (Å²) in [5, 5.41) is 0. The monoisotopic (exact) mass is 371 g/mol. The lowest BCUT2D eigenvalue weighted by Gasteiger charge is -2.33. The van der Waals surface area contributed by atoms with E-state index >= 15 is 0 Å². The van der Waals surface area contributed by atoms with Crippen LogP contribution < -0.4 is 5.73 Å². The Hall–Kier alpha value is -1.50. The first kappa shape index (κ1) is 22.5. The van der Waals surface area contributed by atoms with Crippen LogP contribution in [0.4, 0.5) is 9.59 Å². The normalized spacial score (nSPS) is 18.0. The largest absolute Gasteiger partial charge is 0.444 e. The predicted molar refractivity (Wildman–Crippen MR) is 102 cm³/mol. The molecule has 0 bridgehead atoms. The van der Waals surface area contributed by atoms with Crippen molar-refractivity contribution in [2.75, 3.05) is 26.2 Å². The molecule has 2 N–H and O–H groups in total. The standard InChI is InChI=1S/C19H37N3O4/c1-18(2,3)25-16(23)21(12-8-7-11-20)14-15-10-9-13-22(15)17(24)26-19(4,5)6/h15H,7-14,20H2,1-6H3/t15-/m1/s1. The van der Waals surface area contributed by atoms with Crippen LogP contribution >= 0.6 is 0 Å². The van der Waals surface area contributed by atoms with Crippen molar-refractivity contribution in [3.05, 3.63) is 0 Å². The van der Waals surface area contributed by atoms with Crippen LogP contribution in [0.1, 0.15) is 67.2 Å². The van der Waals surface area contributed by atoms with Crippen LogP contribution in [-0.4, -0.2) is 65.4 Å². The Balaban J connectivity index is 2.77. The number of nitrogens with zero attached hydrogens (tertiary/aromatic N) is 2. The maximum Gasteiger partial charge on any atom is 0.410 e. The van der Waals surface area contributed by atoms with Gasteiger partial charge in [-0.2, -0.15) is 0 Å². The van der Waals surface area contributed by atoms with Gasteiger partial charge in [0.2, 0.25) is 0 Å². The fourth-order valence-corrected chi connectivity index (χ4v) is 2.87. The molecule has 2 amide bonds. The molecule has 26 heavy (non-hydrogen) atoms. The van der Waals surface area contributed by atoms with Crippen molar-refractivity contribution >= 4 is 12.2 Å². The maximum atomic E-state index is 12.6. The zero-order valence-electron chi connectivity index (χ0n) is 17.3. The van der Waals surface area contributed by atoms with Gasteiger partial charge in [-0.1, -0.05) is 0 Å². The van der Waals surface area contributed by atoms with Crippen molar-refractivity contribution < 1.29 is 19.1 Å². The number of hydrogen-bond donors (Lipinski definition) is 1. The highest BCUT2D eigenvalue weighted by molar-refractivity contribution is 5.70. The first-order chi connectivity index (χ1) is 11.9. The molecule has 0 saturated carbocycles. The summed E-state index contributed by atoms with van der Waals surface area (Å²) in [5.74, 6) is 0. The lowest BCUT2D eigenvalue weighted by Crippen LogP contribution is -2.48. The highest BCUT2D eigenvalue weighted by atomic mass is 16.6. The summed E-state index contributed by atoms with van der Waals surface area (Å²) < 4.78 is 11.0. The molecule has 1 fully saturated rings. The maximum absolute atomic E-state index is 12.6. The third-order valence-electron chi connectivity index (χ3n) is 3.97. The second-order valence-electron chi connectivity index (χ2n) is 8.89. The summed E-state index contributed by atoms with van der Waals surface area (Å²) in [5.41, 5.74) is 4.49. The van der Waals surface area contributed by atoms with Gasteiger partial charge < -0.3 is 25.0 Å². The van der Waals surface area contributed by atoms with Crippen LogP contribution in [0.3, 0.4) is 0 Å². The van der Waals surface area contributed by atoms with Gasteiger partial charge in [0.05, 0.1) is 6.04 Å². The van der Waals surface area contributed by atoms with E-state index in [4.69, 9.17) is 15.2 Å². The average molecular weight is 372 g/mol. The van der Waals surface area contributed by atoms with Crippen molar-refractivity contribution in [3.63, 3.8) is 0 Å². The van der Waals surface area contributed by atoms with E-state index in [9.17, 15) is 9.59 Å². The van der Waals surface area contributed by atoms with Gasteiger partial charge in [-0.15, -0.1) is 0 Å². The number of likely N-dealkylation sites (tertiary alicyclic amines) is 1. The van der Waals surface area contributed by atoms with Crippen LogP contribution in [0.5, 0.6) is 0 Å². The molecule has 0 aromatic rings. The Morgan fingerprint density at radius 2 is 1.69 bits per heavy atom. The topological polar surface area (TPSA) is 85.1 Å². The minimum absolute atomic E-state index is 0.0461. The minimum atomic E-state index is -0.552. The highest BCUT2D eigenvalue weighted by Crippen LogP contribution is 2.22. The van der Waals surface area contributed by atoms with E-state index in [1.54, 1.807) is 9.80 Å². The van der Waals surface area contributed by atoms with E-state index in [1.807, 2.05) is 41.5 Å². The summed E-state index contributed by atoms with van der Waals surface area (Å²) in [6.45, 7) is 13.4. The molecule has 7 nitrogen and oxygen atoms in total. The van der Waals surface area contributed by atoms with Gasteiger partial charge in [0.15, 0.2) is 0 Å². The van der Waals surface area contributed by atoms with Crippen molar-refractivity contribution in [2.24, 2.45) is 5.73 Å². The number of rotatable bonds is 6. The summed E-state index contributed by atoms with van der Waals surface area (Å²) >= 11 is 0. The van der Waals surface area contributed by atoms with E-state index in [1.165, 1.54) is 0 Å². The molecule has 7 heteroatoms. The van der Waals surface area contributed by atoms with Crippen molar-refractivity contribution in [1.82, 2.24) is 9.80 Å². The summed E-state index contributed by atoms with van der Waals surface area (Å²) in [6, 6.07) is -0.0461. The first-order valence-electron chi connectivity index (χ1n) is 9.60. The second kappa shape index (κ2) is 9.44. The molecule has 0 aromatic heterocycles. The Bertz CT molecular complexity index is 468. The van der Waals surface area contributed by atoms with Gasteiger partial charge >= 0.3 is 12.2 Å². The Labute approximate surface area is 158 Å². The van der Waals surface area contributed by atoms with Gasteiger partial charge in [-0.3, -0.25) is 0 Å². The van der Waals surface area contributed by atoms with Crippen LogP contribution in [0.2, 0.25) is 0 Å². The highest BCUT2D eigenvalue weighted by Gasteiger charge is 2.35. The zero-order valence-corrected chi connectivity index (χ0v) is 17.3. The molecule has 1 heterocycles. The molecule has 0 unspecified atom stereocenters. The van der Waals surface area contributed by atoms with Crippen LogP contribution in [0.25, 0.3) is 0 Å². The number of unbranched alkanes of at least 4 members (excludes halogenated alkanes) is 1. The van der Waals surface area contributed by atoms with E-state index < -0.39 is 11.2 Å². The molecule has 1 aliphatic heterocycles. The number of ether oxygens (including phenoxy) is 2. The number of hydrogen-bond acceptors (Lipinski definition) is 5. The third-order valence-corrected chi connectivity index (χ3v) is 3.97. The van der Waals surface area contributed by atoms with E-state index in [0.717, 1.165) is 25.7 Å². The fraction of sp³-hybridized carbons (Fsp3) is 0.895. The lowest BCUT2D eigenvalue weighted by atomic mass is 10.2. The molecule has 1 saturated heterocycles. The molecule has 0 aromatic carbocycles. The number of nitrogens with two attached hydrogens (primary N) is 1. The molecule has 0 aliphatic carbocycles. The lowest BCUT2D eigenvalue weighted by molar-refractivity contribution is 0.00863. The second-order valence-corrected chi connectivity index (χ2v) is 8.89. The smallest absolute Gasteiger partial charge is 0.410 e. The first-order valence-corrected chi connectivity index (χ1v) is 9.60. The molecule has 1 atom stereocenters. The van der Waals surface area contributed by atoms with Crippen LogP contribution in [0, 0.1) is 0 Å². The summed E-state index contributed by atoms with van der Waals surface area (Å²) in [4.78, 5) is 28.5. The average Bonchev–Trinajstić information content (AvgIpc) is 2.91. The number of carbonyl (C=O) groups is 2. The fourth-order valence-electron chi connectivity index (χ4n) is 2.87. The van der Waals surface area contributed by atoms with Gasteiger partial charge in [0, 0.05) is 19.6 Å². The molecule has 0 radical (unpaired) electrons. The van der Waals surface area contributed by atoms with E-state index in [0.29, 0.717) is 26.2 Å². The van der Waals surface area contributed by atoms with Crippen molar-refractivity contribution in [2.45, 2.75) is 84.5 Å². The number of carbonyl (C=O) groups excluding carboxylic acids is 2. The van der Waals surface area contributed by atoms with Gasteiger partial charge in [0.1, 0.15) is 11.2 Å². The van der Waals surface area contributed by atoms with Crippen molar-refractivity contribution in [1.29, 1.82) is 0 Å². The van der Waals surface area contributed by atoms with Gasteiger partial charge in [-0.05, 0) is 73.8 Å². The molecular weight excluding hydrogens is 334 g/mol. The molecular formula is C19H37N3O4. The molecule has 1 rings (SSSR count). The van der Waals surface area contributed by atoms with E-state index in [-0.39, 0.29) is 18.2 Å². The predicted octanol–water partition coefficient (Wildman–Crippen LogP) is 3.36. The van der Waals surface area contributed by atoms with E-state index in [2.05, 4.69) is 0 Å². The quantitative estimate of drug-likeness (QED) is 0.724. The Morgan fingerprint density at radius 1 is 1.08 bits per heavy atom. The molecule has 1 aliphatic rings. The molecule has 0 spiro atoms. The summed E-state index contributed by atoms with van der Waals surface area (Å²) in [7, 11) is 0. The summed E-state index contributed by atoms with van der Waals surface area (Å²) in [6.07, 6.45) is 2.77. The zero-order chi connectivity index (χ0) is 20.0. The molecule has 152 valence electrons.